The van der Waals surface area contributed by atoms with E-state index in [4.69, 9.17) is 11.5 Å². The number of anilines is 1. The molecule has 0 fully saturated rings. The lowest BCUT2D eigenvalue weighted by Crippen LogP contribution is -2.42. The van der Waals surface area contributed by atoms with Gasteiger partial charge in [-0.05, 0) is 12.1 Å². The fourth-order valence-corrected chi connectivity index (χ4v) is 1.40. The number of alkyl halides is 2. The number of urea groups is 1. The van der Waals surface area contributed by atoms with Gasteiger partial charge in [0.2, 0.25) is 0 Å². The van der Waals surface area contributed by atoms with Crippen molar-refractivity contribution in [2.24, 2.45) is 0 Å². The number of carboxylic acids is 1. The van der Waals surface area contributed by atoms with Crippen molar-refractivity contribution in [2.45, 2.75) is 19.1 Å². The second-order valence-corrected chi connectivity index (χ2v) is 3.77. The van der Waals surface area contributed by atoms with Crippen LogP contribution in [0.1, 0.15) is 6.42 Å². The molecule has 0 saturated carbocycles. The summed E-state index contributed by atoms with van der Waals surface area (Å²) in [4.78, 5) is 22.5. The van der Waals surface area contributed by atoms with Crippen molar-refractivity contribution in [3.05, 3.63) is 24.3 Å². The van der Waals surface area contributed by atoms with Crippen LogP contribution in [0.5, 0.6) is 5.75 Å². The Bertz CT molecular complexity index is 557. The number of halogens is 2. The van der Waals surface area contributed by atoms with E-state index in [2.05, 4.69) is 21.3 Å². The molecule has 21 heavy (non-hydrogen) atoms. The van der Waals surface area contributed by atoms with E-state index in [0.717, 1.165) is 0 Å². The van der Waals surface area contributed by atoms with Crippen LogP contribution >= 0.6 is 0 Å². The maximum atomic E-state index is 12.2. The van der Waals surface area contributed by atoms with E-state index in [0.29, 0.717) is 0 Å². The summed E-state index contributed by atoms with van der Waals surface area (Å²) in [6.45, 7) is -3.05. The van der Waals surface area contributed by atoms with Gasteiger partial charge in [0, 0.05) is 6.42 Å². The molecule has 0 saturated heterocycles. The molecule has 0 bridgehead atoms. The lowest BCUT2D eigenvalue weighted by molar-refractivity contribution is -0.139. The lowest BCUT2D eigenvalue weighted by atomic mass is 10.2. The van der Waals surface area contributed by atoms with Gasteiger partial charge in [-0.15, -0.1) is 12.3 Å². The first kappa shape index (κ1) is 16.2. The van der Waals surface area contributed by atoms with Gasteiger partial charge in [0.15, 0.2) is 0 Å². The summed E-state index contributed by atoms with van der Waals surface area (Å²) in [5.74, 6) is 0.559. The molecule has 0 aliphatic rings. The van der Waals surface area contributed by atoms with Gasteiger partial charge in [-0.25, -0.2) is 9.59 Å². The van der Waals surface area contributed by atoms with Gasteiger partial charge in [0.1, 0.15) is 11.8 Å². The minimum Gasteiger partial charge on any atom is -0.480 e. The summed E-state index contributed by atoms with van der Waals surface area (Å²) in [6.07, 6.45) is 4.78. The molecular formula is C13H12F2N2O4. The third-order valence-electron chi connectivity index (χ3n) is 2.28. The van der Waals surface area contributed by atoms with Crippen LogP contribution in [0.2, 0.25) is 0 Å². The molecule has 0 aliphatic heterocycles. The summed E-state index contributed by atoms with van der Waals surface area (Å²) in [7, 11) is 0. The fraction of sp³-hybridized carbons (Fsp3) is 0.231. The highest BCUT2D eigenvalue weighted by Crippen LogP contribution is 2.25. The molecule has 1 atom stereocenters. The van der Waals surface area contributed by atoms with Crippen molar-refractivity contribution in [2.75, 3.05) is 5.32 Å². The summed E-state index contributed by atoms with van der Waals surface area (Å²) in [5, 5.41) is 13.2. The van der Waals surface area contributed by atoms with E-state index >= 15 is 0 Å². The molecule has 0 aliphatic carbocycles. The van der Waals surface area contributed by atoms with Crippen molar-refractivity contribution in [1.29, 1.82) is 0 Å². The zero-order valence-electron chi connectivity index (χ0n) is 10.7. The topological polar surface area (TPSA) is 87.7 Å². The number of carboxylic acid groups (broad SMARTS) is 1. The smallest absolute Gasteiger partial charge is 0.387 e. The largest absolute Gasteiger partial charge is 0.480 e. The summed E-state index contributed by atoms with van der Waals surface area (Å²) in [6, 6.07) is 3.32. The zero-order valence-corrected chi connectivity index (χ0v) is 10.7. The predicted octanol–water partition coefficient (Wildman–Crippen LogP) is 1.89. The molecule has 3 N–H and O–H groups in total. The maximum Gasteiger partial charge on any atom is 0.387 e. The number of para-hydroxylation sites is 2. The minimum atomic E-state index is -3.05. The van der Waals surface area contributed by atoms with Crippen LogP contribution in [0.3, 0.4) is 0 Å². The number of rotatable bonds is 6. The molecule has 2 amide bonds. The molecule has 0 spiro atoms. The summed E-state index contributed by atoms with van der Waals surface area (Å²) in [5.41, 5.74) is -0.0276. The van der Waals surface area contributed by atoms with Gasteiger partial charge in [-0.2, -0.15) is 8.78 Å². The Morgan fingerprint density at radius 1 is 1.38 bits per heavy atom. The third kappa shape index (κ3) is 5.36. The van der Waals surface area contributed by atoms with Gasteiger partial charge in [-0.1, -0.05) is 12.1 Å². The third-order valence-corrected chi connectivity index (χ3v) is 2.28. The van der Waals surface area contributed by atoms with Crippen LogP contribution in [0.25, 0.3) is 0 Å². The molecular weight excluding hydrogens is 286 g/mol. The van der Waals surface area contributed by atoms with E-state index in [1.165, 1.54) is 24.3 Å². The standard InChI is InChI=1S/C13H12F2N2O4/c1-2-5-9(11(18)19)17-13(20)16-8-6-3-4-7-10(8)21-12(14)15/h1,3-4,6-7,9,12H,5H2,(H,18,19)(H2,16,17,20). The molecule has 1 aromatic carbocycles. The number of hydrogen-bond donors (Lipinski definition) is 3. The first-order chi connectivity index (χ1) is 9.93. The zero-order chi connectivity index (χ0) is 15.8. The van der Waals surface area contributed by atoms with Crippen LogP contribution in [0.4, 0.5) is 19.3 Å². The second kappa shape index (κ2) is 7.69. The van der Waals surface area contributed by atoms with Crippen molar-refractivity contribution in [1.82, 2.24) is 5.32 Å². The van der Waals surface area contributed by atoms with Crippen LogP contribution in [0.15, 0.2) is 24.3 Å². The number of carbonyl (C=O) groups excluding carboxylic acids is 1. The van der Waals surface area contributed by atoms with Crippen LogP contribution in [-0.2, 0) is 4.79 Å². The molecule has 8 heteroatoms. The number of benzene rings is 1. The quantitative estimate of drug-likeness (QED) is 0.700. The minimum absolute atomic E-state index is 0.0276. The number of terminal acetylenes is 1. The highest BCUT2D eigenvalue weighted by molar-refractivity contribution is 5.93. The first-order valence-electron chi connectivity index (χ1n) is 5.71. The van der Waals surface area contributed by atoms with E-state index in [1.807, 2.05) is 0 Å². The fourth-order valence-electron chi connectivity index (χ4n) is 1.40. The molecule has 0 aromatic heterocycles. The molecule has 0 heterocycles. The highest BCUT2D eigenvalue weighted by Gasteiger charge is 2.19. The van der Waals surface area contributed by atoms with Crippen molar-refractivity contribution in [3.8, 4) is 18.1 Å². The van der Waals surface area contributed by atoms with Crippen molar-refractivity contribution < 1.29 is 28.2 Å². The Labute approximate surface area is 119 Å². The van der Waals surface area contributed by atoms with E-state index in [9.17, 15) is 18.4 Å². The highest BCUT2D eigenvalue weighted by atomic mass is 19.3. The second-order valence-electron chi connectivity index (χ2n) is 3.77. The van der Waals surface area contributed by atoms with Gasteiger partial charge in [0.05, 0.1) is 5.69 Å². The first-order valence-corrected chi connectivity index (χ1v) is 5.71. The van der Waals surface area contributed by atoms with E-state index in [1.54, 1.807) is 0 Å². The van der Waals surface area contributed by atoms with Crippen LogP contribution in [0, 0.1) is 12.3 Å². The van der Waals surface area contributed by atoms with E-state index < -0.39 is 24.7 Å². The van der Waals surface area contributed by atoms with Gasteiger partial charge in [-0.3, -0.25) is 0 Å². The normalized spacial score (nSPS) is 11.3. The molecule has 1 unspecified atom stereocenters. The average Bonchev–Trinajstić information content (AvgIpc) is 2.39. The Morgan fingerprint density at radius 2 is 2.05 bits per heavy atom. The Morgan fingerprint density at radius 3 is 2.62 bits per heavy atom. The number of aliphatic carboxylic acids is 1. The Hall–Kier alpha value is -2.82. The van der Waals surface area contributed by atoms with Gasteiger partial charge in [0.25, 0.3) is 0 Å². The van der Waals surface area contributed by atoms with Crippen LogP contribution in [-0.4, -0.2) is 29.8 Å². The number of nitrogens with one attached hydrogen (secondary N) is 2. The Balaban J connectivity index is 2.75. The van der Waals surface area contributed by atoms with E-state index in [-0.39, 0.29) is 17.9 Å². The number of hydrogen-bond acceptors (Lipinski definition) is 3. The van der Waals surface area contributed by atoms with Gasteiger partial charge >= 0.3 is 18.6 Å². The number of ether oxygens (including phenoxy) is 1. The number of amides is 2. The molecule has 6 nitrogen and oxygen atoms in total. The Kier molecular flexibility index (Phi) is 5.95. The van der Waals surface area contributed by atoms with Crippen molar-refractivity contribution >= 4 is 17.7 Å². The number of carbonyl (C=O) groups is 2. The van der Waals surface area contributed by atoms with Crippen LogP contribution < -0.4 is 15.4 Å². The molecule has 112 valence electrons. The monoisotopic (exact) mass is 298 g/mol. The van der Waals surface area contributed by atoms with Crippen molar-refractivity contribution in [3.63, 3.8) is 0 Å². The molecule has 1 rings (SSSR count). The summed E-state index contributed by atoms with van der Waals surface area (Å²) >= 11 is 0. The molecule has 0 radical (unpaired) electrons. The SMILES string of the molecule is C#CCC(NC(=O)Nc1ccccc1OC(F)F)C(=O)O. The van der Waals surface area contributed by atoms with Gasteiger partial charge < -0.3 is 20.5 Å². The lowest BCUT2D eigenvalue weighted by Gasteiger charge is -2.15. The summed E-state index contributed by atoms with van der Waals surface area (Å²) < 4.78 is 28.6. The average molecular weight is 298 g/mol. The predicted molar refractivity (Wildman–Crippen MR) is 70.1 cm³/mol. The maximum absolute atomic E-state index is 12.2. The molecule has 1 aromatic rings.